The largest absolute Gasteiger partial charge is 0.497 e. The number of Topliss-reactive ketones (excluding diaryl/α,β-unsaturated/α-hetero) is 1. The van der Waals surface area contributed by atoms with Crippen molar-refractivity contribution in [1.82, 2.24) is 5.32 Å². The van der Waals surface area contributed by atoms with Crippen LogP contribution in [0.2, 0.25) is 0 Å². The number of fused-ring (bicyclic) bond motifs is 1. The number of carbonyl (C=O) groups is 3. The van der Waals surface area contributed by atoms with Crippen LogP contribution in [0.15, 0.2) is 48.5 Å². The van der Waals surface area contributed by atoms with Crippen LogP contribution in [-0.4, -0.2) is 44.2 Å². The minimum atomic E-state index is -0.914. The van der Waals surface area contributed by atoms with E-state index in [1.54, 1.807) is 49.6 Å². The molecule has 0 radical (unpaired) electrons. The maximum atomic E-state index is 12.2. The van der Waals surface area contributed by atoms with E-state index in [2.05, 4.69) is 5.32 Å². The summed E-state index contributed by atoms with van der Waals surface area (Å²) in [5.74, 6) is 0.175. The van der Waals surface area contributed by atoms with Crippen LogP contribution in [0.4, 0.5) is 0 Å². The van der Waals surface area contributed by atoms with Crippen LogP contribution in [0.25, 0.3) is 6.08 Å². The van der Waals surface area contributed by atoms with Gasteiger partial charge in [-0.05, 0) is 48.9 Å². The fourth-order valence-corrected chi connectivity index (χ4v) is 2.62. The molecule has 0 saturated heterocycles. The molecular weight excluding hydrogens is 390 g/mol. The first kappa shape index (κ1) is 20.9. The van der Waals surface area contributed by atoms with Crippen LogP contribution in [0.1, 0.15) is 22.8 Å². The number of nitrogens with one attached hydrogen (secondary N) is 1. The number of ether oxygens (including phenoxy) is 4. The molecule has 1 N–H and O–H groups in total. The second kappa shape index (κ2) is 9.60. The molecule has 1 atom stereocenters. The van der Waals surface area contributed by atoms with Crippen molar-refractivity contribution in [1.29, 1.82) is 0 Å². The van der Waals surface area contributed by atoms with E-state index in [-0.39, 0.29) is 12.6 Å². The van der Waals surface area contributed by atoms with E-state index in [1.165, 1.54) is 19.1 Å². The van der Waals surface area contributed by atoms with E-state index in [0.717, 1.165) is 5.56 Å². The average Bonchev–Trinajstić information content (AvgIpc) is 3.24. The second-order valence-electron chi connectivity index (χ2n) is 6.44. The quantitative estimate of drug-likeness (QED) is 0.404. The number of rotatable bonds is 8. The Bertz CT molecular complexity index is 966. The summed E-state index contributed by atoms with van der Waals surface area (Å²) in [6, 6.07) is 10.9. The van der Waals surface area contributed by atoms with Gasteiger partial charge in [-0.2, -0.15) is 0 Å². The summed E-state index contributed by atoms with van der Waals surface area (Å²) in [6.07, 6.45) is 2.92. The Kier molecular flexibility index (Phi) is 6.69. The first-order chi connectivity index (χ1) is 14.5. The van der Waals surface area contributed by atoms with Crippen molar-refractivity contribution >= 4 is 23.7 Å². The lowest BCUT2D eigenvalue weighted by Gasteiger charge is -2.12. The van der Waals surface area contributed by atoms with Crippen LogP contribution in [0.5, 0.6) is 17.2 Å². The van der Waals surface area contributed by atoms with Gasteiger partial charge in [-0.3, -0.25) is 9.59 Å². The van der Waals surface area contributed by atoms with Crippen molar-refractivity contribution in [2.75, 3.05) is 20.5 Å². The zero-order valence-corrected chi connectivity index (χ0v) is 16.5. The van der Waals surface area contributed by atoms with Crippen molar-refractivity contribution in [2.45, 2.75) is 13.0 Å². The molecule has 0 aromatic heterocycles. The molecular formula is C22H21NO7. The van der Waals surface area contributed by atoms with Crippen molar-refractivity contribution in [3.63, 3.8) is 0 Å². The van der Waals surface area contributed by atoms with Crippen molar-refractivity contribution in [3.05, 3.63) is 59.7 Å². The molecule has 1 aliphatic rings. The van der Waals surface area contributed by atoms with Crippen molar-refractivity contribution < 1.29 is 33.3 Å². The van der Waals surface area contributed by atoms with Gasteiger partial charge in [0.25, 0.3) is 0 Å². The Labute approximate surface area is 173 Å². The molecule has 2 aromatic carbocycles. The van der Waals surface area contributed by atoms with E-state index in [1.807, 2.05) is 0 Å². The Morgan fingerprint density at radius 2 is 1.83 bits per heavy atom. The number of esters is 1. The highest BCUT2D eigenvalue weighted by Crippen LogP contribution is 2.32. The highest BCUT2D eigenvalue weighted by atomic mass is 16.7. The third kappa shape index (κ3) is 5.38. The summed E-state index contributed by atoms with van der Waals surface area (Å²) in [5, 5.41) is 2.50. The molecule has 8 nitrogen and oxygen atoms in total. The van der Waals surface area contributed by atoms with Gasteiger partial charge in [-0.25, -0.2) is 4.79 Å². The molecule has 156 valence electrons. The zero-order valence-electron chi connectivity index (χ0n) is 16.5. The third-order valence-corrected chi connectivity index (χ3v) is 4.30. The number of amides is 1. The molecule has 0 fully saturated rings. The van der Waals surface area contributed by atoms with Gasteiger partial charge in [-0.1, -0.05) is 12.1 Å². The van der Waals surface area contributed by atoms with E-state index < -0.39 is 24.5 Å². The number of ketones is 1. The molecule has 1 amide bonds. The lowest BCUT2D eigenvalue weighted by molar-refractivity contribution is -0.145. The van der Waals surface area contributed by atoms with Crippen LogP contribution in [-0.2, 0) is 14.3 Å². The van der Waals surface area contributed by atoms with Gasteiger partial charge in [0.2, 0.25) is 12.7 Å². The summed E-state index contributed by atoms with van der Waals surface area (Å²) >= 11 is 0. The van der Waals surface area contributed by atoms with Gasteiger partial charge < -0.3 is 24.3 Å². The molecule has 2 aromatic rings. The van der Waals surface area contributed by atoms with Crippen LogP contribution < -0.4 is 19.5 Å². The predicted molar refractivity (Wildman–Crippen MR) is 107 cm³/mol. The molecule has 30 heavy (non-hydrogen) atoms. The smallest absolute Gasteiger partial charge is 0.328 e. The Morgan fingerprint density at radius 1 is 1.10 bits per heavy atom. The summed E-state index contributed by atoms with van der Waals surface area (Å²) in [4.78, 5) is 36.3. The van der Waals surface area contributed by atoms with Gasteiger partial charge in [0.1, 0.15) is 11.8 Å². The van der Waals surface area contributed by atoms with Crippen molar-refractivity contribution in [3.8, 4) is 17.2 Å². The van der Waals surface area contributed by atoms with Gasteiger partial charge in [0, 0.05) is 11.6 Å². The van der Waals surface area contributed by atoms with E-state index in [0.29, 0.717) is 22.8 Å². The first-order valence-electron chi connectivity index (χ1n) is 9.18. The predicted octanol–water partition coefficient (Wildman–Crippen LogP) is 2.37. The SMILES string of the molecule is COc1ccc(/C=C/C(=O)N[C@@H](C)C(=O)OCC(=O)c2ccc3c(c2)OCO3)cc1. The third-order valence-electron chi connectivity index (χ3n) is 4.30. The second-order valence-corrected chi connectivity index (χ2v) is 6.44. The van der Waals surface area contributed by atoms with E-state index in [9.17, 15) is 14.4 Å². The highest BCUT2D eigenvalue weighted by Gasteiger charge is 2.20. The lowest BCUT2D eigenvalue weighted by Crippen LogP contribution is -2.39. The zero-order chi connectivity index (χ0) is 21.5. The average molecular weight is 411 g/mol. The monoisotopic (exact) mass is 411 g/mol. The molecule has 0 saturated carbocycles. The number of benzene rings is 2. The van der Waals surface area contributed by atoms with E-state index in [4.69, 9.17) is 18.9 Å². The summed E-state index contributed by atoms with van der Waals surface area (Å²) in [7, 11) is 1.57. The highest BCUT2D eigenvalue weighted by molar-refractivity contribution is 5.99. The Hall–Kier alpha value is -3.81. The summed E-state index contributed by atoms with van der Waals surface area (Å²) in [6.45, 7) is 1.14. The number of hydrogen-bond donors (Lipinski definition) is 1. The Balaban J connectivity index is 1.46. The van der Waals surface area contributed by atoms with Gasteiger partial charge in [-0.15, -0.1) is 0 Å². The lowest BCUT2D eigenvalue weighted by atomic mass is 10.1. The number of hydrogen-bond acceptors (Lipinski definition) is 7. The minimum absolute atomic E-state index is 0.103. The maximum Gasteiger partial charge on any atom is 0.328 e. The molecule has 1 aliphatic heterocycles. The molecule has 0 unspecified atom stereocenters. The molecule has 0 aliphatic carbocycles. The van der Waals surface area contributed by atoms with Gasteiger partial charge >= 0.3 is 5.97 Å². The fraction of sp³-hybridized carbons (Fsp3) is 0.227. The molecule has 0 spiro atoms. The van der Waals surface area contributed by atoms with Crippen LogP contribution in [0.3, 0.4) is 0 Å². The standard InChI is InChI=1S/C22H21NO7/c1-14(23-21(25)10-5-15-3-7-17(27-2)8-4-15)22(26)28-12-18(24)16-6-9-19-20(11-16)30-13-29-19/h3-11,14H,12-13H2,1-2H3,(H,23,25)/b10-5+/t14-/m0/s1. The summed E-state index contributed by atoms with van der Waals surface area (Å²) < 4.78 is 20.5. The van der Waals surface area contributed by atoms with E-state index >= 15 is 0 Å². The molecule has 1 heterocycles. The maximum absolute atomic E-state index is 12.2. The Morgan fingerprint density at radius 3 is 2.57 bits per heavy atom. The molecule has 8 heteroatoms. The normalized spacial score (nSPS) is 13.0. The van der Waals surface area contributed by atoms with Crippen LogP contribution in [0, 0.1) is 0 Å². The fourth-order valence-electron chi connectivity index (χ4n) is 2.62. The molecule has 3 rings (SSSR count). The van der Waals surface area contributed by atoms with Gasteiger partial charge in [0.15, 0.2) is 23.9 Å². The minimum Gasteiger partial charge on any atom is -0.497 e. The van der Waals surface area contributed by atoms with Gasteiger partial charge in [0.05, 0.1) is 7.11 Å². The summed E-state index contributed by atoms with van der Waals surface area (Å²) in [5.41, 5.74) is 1.14. The van der Waals surface area contributed by atoms with Crippen molar-refractivity contribution in [2.24, 2.45) is 0 Å². The topological polar surface area (TPSA) is 100 Å². The first-order valence-corrected chi connectivity index (χ1v) is 9.18. The van der Waals surface area contributed by atoms with Crippen LogP contribution >= 0.6 is 0 Å². The molecule has 0 bridgehead atoms. The number of carbonyl (C=O) groups excluding carboxylic acids is 3. The number of methoxy groups -OCH3 is 1.